The van der Waals surface area contributed by atoms with Crippen molar-refractivity contribution < 1.29 is 0 Å². The second-order valence-corrected chi connectivity index (χ2v) is 6.40. The zero-order chi connectivity index (χ0) is 14.1. The van der Waals surface area contributed by atoms with E-state index in [0.717, 1.165) is 17.9 Å². The molecule has 0 amide bonds. The van der Waals surface area contributed by atoms with Gasteiger partial charge in [-0.3, -0.25) is 0 Å². The lowest BCUT2D eigenvalue weighted by atomic mass is 9.86. The Hall–Kier alpha value is -0.0800. The number of hydrogen-bond donors (Lipinski definition) is 1. The molecule has 2 unspecified atom stereocenters. The molecule has 0 radical (unpaired) electrons. The molecular weight excluding hydrogens is 232 g/mol. The molecule has 1 aliphatic carbocycles. The highest BCUT2D eigenvalue weighted by atomic mass is 15.1. The van der Waals surface area contributed by atoms with E-state index in [4.69, 9.17) is 0 Å². The van der Waals surface area contributed by atoms with Crippen LogP contribution in [0.15, 0.2) is 0 Å². The van der Waals surface area contributed by atoms with Crippen molar-refractivity contribution >= 4 is 0 Å². The predicted octanol–water partition coefficient (Wildman–Crippen LogP) is 3.91. The molecule has 1 fully saturated rings. The van der Waals surface area contributed by atoms with Gasteiger partial charge in [-0.05, 0) is 31.2 Å². The third-order valence-electron chi connectivity index (χ3n) is 5.06. The van der Waals surface area contributed by atoms with Crippen LogP contribution in [0.1, 0.15) is 66.2 Å². The molecule has 19 heavy (non-hydrogen) atoms. The summed E-state index contributed by atoms with van der Waals surface area (Å²) in [6.45, 7) is 14.2. The third-order valence-corrected chi connectivity index (χ3v) is 5.06. The summed E-state index contributed by atoms with van der Waals surface area (Å²) < 4.78 is 0. The van der Waals surface area contributed by atoms with Gasteiger partial charge in [0.05, 0.1) is 0 Å². The van der Waals surface area contributed by atoms with Gasteiger partial charge in [0.15, 0.2) is 0 Å². The molecule has 0 heterocycles. The summed E-state index contributed by atoms with van der Waals surface area (Å²) in [4.78, 5) is 2.62. The molecule has 0 aromatic heterocycles. The molecule has 0 aliphatic heterocycles. The molecule has 0 aromatic rings. The van der Waals surface area contributed by atoms with Gasteiger partial charge in [0.25, 0.3) is 0 Å². The van der Waals surface area contributed by atoms with Crippen LogP contribution < -0.4 is 5.32 Å². The summed E-state index contributed by atoms with van der Waals surface area (Å²) >= 11 is 0. The Bertz CT molecular complexity index is 213. The van der Waals surface area contributed by atoms with Crippen molar-refractivity contribution in [3.05, 3.63) is 0 Å². The van der Waals surface area contributed by atoms with Crippen molar-refractivity contribution in [2.24, 2.45) is 11.8 Å². The molecule has 2 atom stereocenters. The number of hydrogen-bond acceptors (Lipinski definition) is 2. The van der Waals surface area contributed by atoms with E-state index in [-0.39, 0.29) is 0 Å². The minimum atomic E-state index is 0.778. The zero-order valence-electron chi connectivity index (χ0n) is 13.8. The Labute approximate surface area is 121 Å². The predicted molar refractivity (Wildman–Crippen MR) is 85.6 cm³/mol. The number of nitrogens with one attached hydrogen (secondary N) is 1. The third kappa shape index (κ3) is 6.27. The van der Waals surface area contributed by atoms with Gasteiger partial charge < -0.3 is 10.2 Å². The monoisotopic (exact) mass is 268 g/mol. The van der Waals surface area contributed by atoms with Crippen LogP contribution in [0.4, 0.5) is 0 Å². The second kappa shape index (κ2) is 9.77. The van der Waals surface area contributed by atoms with Gasteiger partial charge in [-0.1, -0.05) is 53.4 Å². The molecular formula is C17H36N2. The molecule has 2 nitrogen and oxygen atoms in total. The van der Waals surface area contributed by atoms with Crippen molar-refractivity contribution in [3.63, 3.8) is 0 Å². The summed E-state index contributed by atoms with van der Waals surface area (Å²) in [5.41, 5.74) is 0. The van der Waals surface area contributed by atoms with Crippen LogP contribution in [0.25, 0.3) is 0 Å². The second-order valence-electron chi connectivity index (χ2n) is 6.40. The lowest BCUT2D eigenvalue weighted by Crippen LogP contribution is -2.42. The number of nitrogens with zero attached hydrogens (tertiary/aromatic N) is 1. The highest BCUT2D eigenvalue weighted by Gasteiger charge is 2.20. The SMILES string of the molecule is CCC(CC)CN(CC)CCNC1CCCCC1C. The molecule has 1 N–H and O–H groups in total. The minimum absolute atomic E-state index is 0.778. The van der Waals surface area contributed by atoms with E-state index in [1.54, 1.807) is 0 Å². The molecule has 0 bridgehead atoms. The number of likely N-dealkylation sites (N-methyl/N-ethyl adjacent to an activating group) is 1. The standard InChI is InChI=1S/C17H36N2/c1-5-16(6-2)14-19(7-3)13-12-18-17-11-9-8-10-15(17)4/h15-18H,5-14H2,1-4H3. The van der Waals surface area contributed by atoms with E-state index in [0.29, 0.717) is 0 Å². The van der Waals surface area contributed by atoms with Crippen LogP contribution in [0.5, 0.6) is 0 Å². The molecule has 1 saturated carbocycles. The summed E-state index contributed by atoms with van der Waals surface area (Å²) in [7, 11) is 0. The van der Waals surface area contributed by atoms with Crippen molar-refractivity contribution in [2.75, 3.05) is 26.2 Å². The molecule has 0 spiro atoms. The van der Waals surface area contributed by atoms with Gasteiger partial charge >= 0.3 is 0 Å². The van der Waals surface area contributed by atoms with Crippen LogP contribution in [-0.2, 0) is 0 Å². The van der Waals surface area contributed by atoms with Crippen LogP contribution >= 0.6 is 0 Å². The van der Waals surface area contributed by atoms with E-state index >= 15 is 0 Å². The fourth-order valence-corrected chi connectivity index (χ4v) is 3.32. The van der Waals surface area contributed by atoms with Crippen LogP contribution in [-0.4, -0.2) is 37.1 Å². The van der Waals surface area contributed by atoms with Crippen LogP contribution in [0.3, 0.4) is 0 Å². The lowest BCUT2D eigenvalue weighted by Gasteiger charge is -2.31. The topological polar surface area (TPSA) is 15.3 Å². The molecule has 2 heteroatoms. The average Bonchev–Trinajstić information content (AvgIpc) is 2.44. The van der Waals surface area contributed by atoms with Crippen LogP contribution in [0.2, 0.25) is 0 Å². The maximum absolute atomic E-state index is 3.80. The summed E-state index contributed by atoms with van der Waals surface area (Å²) in [5.74, 6) is 1.76. The van der Waals surface area contributed by atoms with Crippen LogP contribution in [0, 0.1) is 11.8 Å². The minimum Gasteiger partial charge on any atom is -0.312 e. The largest absolute Gasteiger partial charge is 0.312 e. The molecule has 1 aliphatic rings. The maximum atomic E-state index is 3.80. The zero-order valence-corrected chi connectivity index (χ0v) is 13.8. The van der Waals surface area contributed by atoms with Gasteiger partial charge in [-0.15, -0.1) is 0 Å². The lowest BCUT2D eigenvalue weighted by molar-refractivity contribution is 0.217. The van der Waals surface area contributed by atoms with Crippen molar-refractivity contribution in [3.8, 4) is 0 Å². The highest BCUT2D eigenvalue weighted by molar-refractivity contribution is 4.78. The quantitative estimate of drug-likeness (QED) is 0.682. The first-order valence-corrected chi connectivity index (χ1v) is 8.66. The Morgan fingerprint density at radius 2 is 1.79 bits per heavy atom. The summed E-state index contributed by atoms with van der Waals surface area (Å²) in [6.07, 6.45) is 8.31. The first-order chi connectivity index (χ1) is 9.21. The van der Waals surface area contributed by atoms with E-state index in [1.165, 1.54) is 64.7 Å². The Morgan fingerprint density at radius 1 is 1.11 bits per heavy atom. The molecule has 114 valence electrons. The highest BCUT2D eigenvalue weighted by Crippen LogP contribution is 2.23. The fourth-order valence-electron chi connectivity index (χ4n) is 3.32. The van der Waals surface area contributed by atoms with Gasteiger partial charge in [0, 0.05) is 25.7 Å². The van der Waals surface area contributed by atoms with Gasteiger partial charge in [0.1, 0.15) is 0 Å². The smallest absolute Gasteiger partial charge is 0.0107 e. The van der Waals surface area contributed by atoms with Gasteiger partial charge in [0.2, 0.25) is 0 Å². The summed E-state index contributed by atoms with van der Waals surface area (Å²) in [6, 6.07) is 0.778. The van der Waals surface area contributed by atoms with Crippen molar-refractivity contribution in [1.82, 2.24) is 10.2 Å². The van der Waals surface area contributed by atoms with Gasteiger partial charge in [-0.2, -0.15) is 0 Å². The average molecular weight is 268 g/mol. The Morgan fingerprint density at radius 3 is 2.37 bits per heavy atom. The Kier molecular flexibility index (Phi) is 8.72. The van der Waals surface area contributed by atoms with E-state index < -0.39 is 0 Å². The van der Waals surface area contributed by atoms with E-state index in [1.807, 2.05) is 0 Å². The van der Waals surface area contributed by atoms with E-state index in [9.17, 15) is 0 Å². The first kappa shape index (κ1) is 17.0. The molecule has 0 aromatic carbocycles. The maximum Gasteiger partial charge on any atom is 0.0107 e. The van der Waals surface area contributed by atoms with E-state index in [2.05, 4.69) is 37.9 Å². The van der Waals surface area contributed by atoms with Crippen molar-refractivity contribution in [1.29, 1.82) is 0 Å². The first-order valence-electron chi connectivity index (χ1n) is 8.66. The van der Waals surface area contributed by atoms with Gasteiger partial charge in [-0.25, -0.2) is 0 Å². The Balaban J connectivity index is 2.21. The van der Waals surface area contributed by atoms with Crippen molar-refractivity contribution in [2.45, 2.75) is 72.3 Å². The number of rotatable bonds is 9. The normalized spacial score (nSPS) is 24.3. The molecule has 0 saturated heterocycles. The molecule has 1 rings (SSSR count). The fraction of sp³-hybridized carbons (Fsp3) is 1.00. The summed E-state index contributed by atoms with van der Waals surface area (Å²) in [5, 5.41) is 3.80.